The van der Waals surface area contributed by atoms with Crippen molar-refractivity contribution in [3.8, 4) is 0 Å². The summed E-state index contributed by atoms with van der Waals surface area (Å²) in [6, 6.07) is 8.32. The van der Waals surface area contributed by atoms with E-state index < -0.39 is 18.3 Å². The van der Waals surface area contributed by atoms with Crippen LogP contribution in [0.1, 0.15) is 52.7 Å². The molecule has 1 saturated heterocycles. The quantitative estimate of drug-likeness (QED) is 0.723. The number of hydrogen-bond donors (Lipinski definition) is 0. The van der Waals surface area contributed by atoms with Crippen LogP contribution in [0.4, 0.5) is 4.39 Å². The van der Waals surface area contributed by atoms with Crippen LogP contribution < -0.4 is 0 Å². The molecule has 2 rings (SSSR count). The maximum atomic E-state index is 14.7. The Bertz CT molecular complexity index is 589. The van der Waals surface area contributed by atoms with Crippen LogP contribution in [0.3, 0.4) is 0 Å². The molecular weight excluding hydrogens is 290 g/mol. The van der Waals surface area contributed by atoms with Gasteiger partial charge in [0.1, 0.15) is 5.73 Å². The van der Waals surface area contributed by atoms with E-state index in [4.69, 9.17) is 9.31 Å². The molecule has 1 aliphatic rings. The molecule has 126 valence electrons. The Hall–Kier alpha value is -1.13. The maximum Gasteiger partial charge on any atom is 0.524 e. The standard InChI is InChI=1S/C19H28BFO2/c1-14-9-8-10-15(11-14)12-17(2,3)13-16(21)20-22-18(4,5)19(6,7)23-20/h8-11,13H,12H2,1-7H3. The van der Waals surface area contributed by atoms with E-state index in [1.54, 1.807) is 6.08 Å². The van der Waals surface area contributed by atoms with Gasteiger partial charge in [-0.2, -0.15) is 0 Å². The van der Waals surface area contributed by atoms with E-state index in [2.05, 4.69) is 25.1 Å². The first-order valence-electron chi connectivity index (χ1n) is 8.21. The normalized spacial score (nSPS) is 20.9. The Labute approximate surface area is 140 Å². The van der Waals surface area contributed by atoms with Crippen LogP contribution in [-0.2, 0) is 15.7 Å². The van der Waals surface area contributed by atoms with E-state index >= 15 is 0 Å². The highest BCUT2D eigenvalue weighted by Gasteiger charge is 2.53. The van der Waals surface area contributed by atoms with Crippen LogP contribution in [0, 0.1) is 12.3 Å². The van der Waals surface area contributed by atoms with Crippen molar-refractivity contribution in [2.45, 2.75) is 66.1 Å². The van der Waals surface area contributed by atoms with E-state index in [1.165, 1.54) is 11.1 Å². The number of rotatable bonds is 4. The molecule has 1 aliphatic heterocycles. The fourth-order valence-corrected chi connectivity index (χ4v) is 2.80. The van der Waals surface area contributed by atoms with Crippen LogP contribution in [0.15, 0.2) is 36.1 Å². The Balaban J connectivity index is 2.13. The molecule has 1 heterocycles. The zero-order valence-corrected chi connectivity index (χ0v) is 15.4. The number of aryl methyl sites for hydroxylation is 1. The minimum absolute atomic E-state index is 0.318. The number of hydrogen-bond acceptors (Lipinski definition) is 2. The second-order valence-electron chi connectivity index (χ2n) is 8.27. The van der Waals surface area contributed by atoms with Crippen LogP contribution >= 0.6 is 0 Å². The smallest absolute Gasteiger partial charge is 0.398 e. The molecule has 2 nitrogen and oxygen atoms in total. The largest absolute Gasteiger partial charge is 0.524 e. The van der Waals surface area contributed by atoms with Crippen LogP contribution in [0.2, 0.25) is 0 Å². The summed E-state index contributed by atoms with van der Waals surface area (Å²) in [6.07, 6.45) is 2.40. The Kier molecular flexibility index (Phi) is 4.80. The van der Waals surface area contributed by atoms with Gasteiger partial charge in [0.25, 0.3) is 0 Å². The molecule has 0 saturated carbocycles. The van der Waals surface area contributed by atoms with Gasteiger partial charge in [0, 0.05) is 0 Å². The summed E-state index contributed by atoms with van der Waals surface area (Å²) in [4.78, 5) is 0. The van der Waals surface area contributed by atoms with Crippen LogP contribution in [0.25, 0.3) is 0 Å². The van der Waals surface area contributed by atoms with Crippen molar-refractivity contribution in [1.29, 1.82) is 0 Å². The van der Waals surface area contributed by atoms with Gasteiger partial charge in [-0.25, -0.2) is 4.39 Å². The van der Waals surface area contributed by atoms with Crippen molar-refractivity contribution < 1.29 is 13.7 Å². The average molecular weight is 318 g/mol. The third-order valence-electron chi connectivity index (χ3n) is 4.75. The zero-order valence-electron chi connectivity index (χ0n) is 15.4. The van der Waals surface area contributed by atoms with E-state index in [0.29, 0.717) is 0 Å². The van der Waals surface area contributed by atoms with Gasteiger partial charge < -0.3 is 9.31 Å². The summed E-state index contributed by atoms with van der Waals surface area (Å²) in [7, 11) is -0.920. The Morgan fingerprint density at radius 3 is 2.26 bits per heavy atom. The monoisotopic (exact) mass is 318 g/mol. The van der Waals surface area contributed by atoms with Gasteiger partial charge in [0.2, 0.25) is 0 Å². The minimum atomic E-state index is -0.920. The summed E-state index contributed by atoms with van der Waals surface area (Å²) >= 11 is 0. The van der Waals surface area contributed by atoms with E-state index in [0.717, 1.165) is 6.42 Å². The summed E-state index contributed by atoms with van der Waals surface area (Å²) in [5.41, 5.74) is 0.706. The lowest BCUT2D eigenvalue weighted by atomic mass is 9.78. The van der Waals surface area contributed by atoms with Crippen molar-refractivity contribution >= 4 is 7.12 Å². The summed E-state index contributed by atoms with van der Waals surface area (Å²) in [5.74, 6) is 0. The summed E-state index contributed by atoms with van der Waals surface area (Å²) in [5, 5.41) is 0. The molecule has 0 spiro atoms. The van der Waals surface area contributed by atoms with Crippen molar-refractivity contribution in [1.82, 2.24) is 0 Å². The number of halogens is 1. The molecule has 23 heavy (non-hydrogen) atoms. The molecule has 0 bridgehead atoms. The molecule has 0 radical (unpaired) electrons. The Morgan fingerprint density at radius 2 is 1.74 bits per heavy atom. The lowest BCUT2D eigenvalue weighted by Crippen LogP contribution is -2.41. The van der Waals surface area contributed by atoms with Crippen molar-refractivity contribution in [3.05, 3.63) is 47.2 Å². The zero-order chi connectivity index (χ0) is 17.5. The molecule has 0 atom stereocenters. The lowest BCUT2D eigenvalue weighted by molar-refractivity contribution is 0.00578. The highest BCUT2D eigenvalue weighted by Crippen LogP contribution is 2.39. The summed E-state index contributed by atoms with van der Waals surface area (Å²) in [6.45, 7) is 13.8. The first kappa shape index (κ1) is 18.2. The van der Waals surface area contributed by atoms with Gasteiger partial charge in [-0.15, -0.1) is 0 Å². The van der Waals surface area contributed by atoms with Crippen molar-refractivity contribution in [2.75, 3.05) is 0 Å². The minimum Gasteiger partial charge on any atom is -0.398 e. The molecule has 4 heteroatoms. The van der Waals surface area contributed by atoms with E-state index in [9.17, 15) is 4.39 Å². The third kappa shape index (κ3) is 4.24. The molecule has 0 aromatic heterocycles. The molecule has 1 aromatic rings. The molecule has 0 N–H and O–H groups in total. The predicted molar refractivity (Wildman–Crippen MR) is 93.9 cm³/mol. The highest BCUT2D eigenvalue weighted by atomic mass is 19.1. The van der Waals surface area contributed by atoms with Gasteiger partial charge in [0.15, 0.2) is 0 Å². The third-order valence-corrected chi connectivity index (χ3v) is 4.75. The first-order valence-corrected chi connectivity index (χ1v) is 8.21. The topological polar surface area (TPSA) is 18.5 Å². The second-order valence-corrected chi connectivity index (χ2v) is 8.27. The average Bonchev–Trinajstić information content (AvgIpc) is 2.57. The Morgan fingerprint density at radius 1 is 1.17 bits per heavy atom. The van der Waals surface area contributed by atoms with Gasteiger partial charge in [-0.3, -0.25) is 0 Å². The molecule has 0 unspecified atom stereocenters. The fraction of sp³-hybridized carbons (Fsp3) is 0.579. The van der Waals surface area contributed by atoms with Gasteiger partial charge in [-0.05, 0) is 52.0 Å². The number of benzene rings is 1. The van der Waals surface area contributed by atoms with Crippen molar-refractivity contribution in [2.24, 2.45) is 5.41 Å². The van der Waals surface area contributed by atoms with E-state index in [1.807, 2.05) is 47.6 Å². The first-order chi connectivity index (χ1) is 10.4. The van der Waals surface area contributed by atoms with Crippen LogP contribution in [0.5, 0.6) is 0 Å². The SMILES string of the molecule is Cc1cccc(CC(C)(C)C=C(F)B2OC(C)(C)C(C)(C)O2)c1. The van der Waals surface area contributed by atoms with Gasteiger partial charge in [0.05, 0.1) is 11.2 Å². The van der Waals surface area contributed by atoms with Crippen LogP contribution in [-0.4, -0.2) is 18.3 Å². The van der Waals surface area contributed by atoms with Gasteiger partial charge in [-0.1, -0.05) is 49.8 Å². The fourth-order valence-electron chi connectivity index (χ4n) is 2.80. The molecule has 0 amide bonds. The summed E-state index contributed by atoms with van der Waals surface area (Å²) < 4.78 is 26.2. The molecule has 1 fully saturated rings. The molecule has 0 aliphatic carbocycles. The number of allylic oxidation sites excluding steroid dienone is 1. The predicted octanol–water partition coefficient (Wildman–Crippen LogP) is 5.05. The maximum absolute atomic E-state index is 14.7. The molecular formula is C19H28BFO2. The lowest BCUT2D eigenvalue weighted by Gasteiger charge is -2.32. The van der Waals surface area contributed by atoms with Crippen molar-refractivity contribution in [3.63, 3.8) is 0 Å². The second kappa shape index (κ2) is 6.06. The van der Waals surface area contributed by atoms with Gasteiger partial charge >= 0.3 is 7.12 Å². The van der Waals surface area contributed by atoms with E-state index in [-0.39, 0.29) is 11.1 Å². The highest BCUT2D eigenvalue weighted by molar-refractivity contribution is 6.53. The molecule has 1 aromatic carbocycles.